The van der Waals surface area contributed by atoms with Crippen molar-refractivity contribution in [1.82, 2.24) is 10.0 Å². The van der Waals surface area contributed by atoms with Gasteiger partial charge in [-0.3, -0.25) is 0 Å². The number of nitrogens with one attached hydrogen (secondary N) is 2. The monoisotopic (exact) mass is 316 g/mol. The molecular weight excluding hydrogens is 292 g/mol. The van der Waals surface area contributed by atoms with E-state index in [1.165, 1.54) is 13.1 Å². The first kappa shape index (κ1) is 16.5. The van der Waals surface area contributed by atoms with Crippen molar-refractivity contribution in [2.24, 2.45) is 5.41 Å². The van der Waals surface area contributed by atoms with E-state index < -0.39 is 10.0 Å². The zero-order chi connectivity index (χ0) is 15.7. The molecular formula is C14H24N2O4S. The normalized spacial score (nSPS) is 24.8. The van der Waals surface area contributed by atoms with Gasteiger partial charge in [0.05, 0.1) is 12.6 Å². The van der Waals surface area contributed by atoms with Crippen LogP contribution in [-0.2, 0) is 21.3 Å². The van der Waals surface area contributed by atoms with Gasteiger partial charge >= 0.3 is 0 Å². The molecule has 2 atom stereocenters. The molecule has 1 aromatic rings. The SMILES string of the molecule is CCOC1CC(NCc2ccc(S(=O)(=O)NC)o2)C1(C)C. The first-order valence-electron chi connectivity index (χ1n) is 7.18. The zero-order valence-corrected chi connectivity index (χ0v) is 13.8. The van der Waals surface area contributed by atoms with E-state index in [9.17, 15) is 8.42 Å². The van der Waals surface area contributed by atoms with Gasteiger partial charge in [-0.1, -0.05) is 13.8 Å². The Bertz CT molecular complexity index is 580. The topological polar surface area (TPSA) is 80.6 Å². The van der Waals surface area contributed by atoms with Crippen molar-refractivity contribution < 1.29 is 17.6 Å². The van der Waals surface area contributed by atoms with Crippen LogP contribution in [0.4, 0.5) is 0 Å². The van der Waals surface area contributed by atoms with Crippen LogP contribution in [0, 0.1) is 5.41 Å². The van der Waals surface area contributed by atoms with E-state index in [-0.39, 0.29) is 16.6 Å². The summed E-state index contributed by atoms with van der Waals surface area (Å²) in [6.45, 7) is 7.58. The van der Waals surface area contributed by atoms with Crippen molar-refractivity contribution in [3.63, 3.8) is 0 Å². The van der Waals surface area contributed by atoms with Crippen LogP contribution in [0.5, 0.6) is 0 Å². The van der Waals surface area contributed by atoms with Crippen LogP contribution in [0.15, 0.2) is 21.6 Å². The van der Waals surface area contributed by atoms with Crippen molar-refractivity contribution >= 4 is 10.0 Å². The maximum atomic E-state index is 11.6. The van der Waals surface area contributed by atoms with Crippen LogP contribution in [-0.4, -0.2) is 34.2 Å². The standard InChI is InChI=1S/C14H24N2O4S/c1-5-19-12-8-11(14(12,2)3)16-9-10-6-7-13(20-10)21(17,18)15-4/h6-7,11-12,15-16H,5,8-9H2,1-4H3. The van der Waals surface area contributed by atoms with Crippen LogP contribution in [0.2, 0.25) is 0 Å². The predicted molar refractivity (Wildman–Crippen MR) is 79.4 cm³/mol. The lowest BCUT2D eigenvalue weighted by Crippen LogP contribution is -2.60. The lowest BCUT2D eigenvalue weighted by molar-refractivity contribution is -0.114. The van der Waals surface area contributed by atoms with E-state index in [4.69, 9.17) is 9.15 Å². The van der Waals surface area contributed by atoms with Crippen LogP contribution in [0.1, 0.15) is 33.0 Å². The second kappa shape index (κ2) is 6.08. The van der Waals surface area contributed by atoms with Crippen LogP contribution >= 0.6 is 0 Å². The summed E-state index contributed by atoms with van der Waals surface area (Å²) < 4.78 is 36.5. The molecule has 2 rings (SSSR count). The van der Waals surface area contributed by atoms with Crippen molar-refractivity contribution in [3.05, 3.63) is 17.9 Å². The Hall–Kier alpha value is -0.890. The molecule has 2 unspecified atom stereocenters. The Morgan fingerprint density at radius 1 is 1.43 bits per heavy atom. The van der Waals surface area contributed by atoms with Crippen LogP contribution < -0.4 is 10.0 Å². The van der Waals surface area contributed by atoms with Gasteiger partial charge in [0.2, 0.25) is 5.09 Å². The number of furan rings is 1. The summed E-state index contributed by atoms with van der Waals surface area (Å²) in [7, 11) is -2.15. The van der Waals surface area contributed by atoms with Crippen molar-refractivity contribution in [2.75, 3.05) is 13.7 Å². The van der Waals surface area contributed by atoms with E-state index >= 15 is 0 Å². The summed E-state index contributed by atoms with van der Waals surface area (Å²) >= 11 is 0. The van der Waals surface area contributed by atoms with E-state index in [0.29, 0.717) is 18.3 Å². The van der Waals surface area contributed by atoms with Gasteiger partial charge in [-0.25, -0.2) is 13.1 Å². The van der Waals surface area contributed by atoms with Gasteiger partial charge in [0.1, 0.15) is 5.76 Å². The lowest BCUT2D eigenvalue weighted by Gasteiger charge is -2.51. The van der Waals surface area contributed by atoms with Gasteiger partial charge in [-0.05, 0) is 32.5 Å². The second-order valence-corrected chi connectivity index (χ2v) is 7.68. The smallest absolute Gasteiger partial charge is 0.273 e. The highest BCUT2D eigenvalue weighted by Gasteiger charge is 2.48. The van der Waals surface area contributed by atoms with Gasteiger partial charge in [0.25, 0.3) is 10.0 Å². The van der Waals surface area contributed by atoms with Gasteiger partial charge < -0.3 is 14.5 Å². The van der Waals surface area contributed by atoms with Gasteiger partial charge in [-0.2, -0.15) is 0 Å². The molecule has 6 nitrogen and oxygen atoms in total. The van der Waals surface area contributed by atoms with Gasteiger partial charge in [0, 0.05) is 18.1 Å². The lowest BCUT2D eigenvalue weighted by atomic mass is 9.64. The Morgan fingerprint density at radius 2 is 2.14 bits per heavy atom. The van der Waals surface area contributed by atoms with Crippen molar-refractivity contribution in [2.45, 2.75) is 51.0 Å². The Labute approximate surface area is 126 Å². The molecule has 7 heteroatoms. The van der Waals surface area contributed by atoms with Gasteiger partial charge in [-0.15, -0.1) is 0 Å². The fraction of sp³-hybridized carbons (Fsp3) is 0.714. The maximum absolute atomic E-state index is 11.6. The third kappa shape index (κ3) is 3.31. The number of ether oxygens (including phenoxy) is 1. The predicted octanol–water partition coefficient (Wildman–Crippen LogP) is 1.48. The summed E-state index contributed by atoms with van der Waals surface area (Å²) in [4.78, 5) is 0. The Balaban J connectivity index is 1.91. The number of hydrogen-bond donors (Lipinski definition) is 2. The number of rotatable bonds is 7. The quantitative estimate of drug-likeness (QED) is 0.796. The summed E-state index contributed by atoms with van der Waals surface area (Å²) in [6.07, 6.45) is 1.24. The summed E-state index contributed by atoms with van der Waals surface area (Å²) in [5.41, 5.74) is 0.0719. The molecule has 0 saturated heterocycles. The van der Waals surface area contributed by atoms with Gasteiger partial charge in [0.15, 0.2) is 0 Å². The van der Waals surface area contributed by atoms with Crippen LogP contribution in [0.3, 0.4) is 0 Å². The van der Waals surface area contributed by atoms with E-state index in [2.05, 4.69) is 23.9 Å². The molecule has 21 heavy (non-hydrogen) atoms. The molecule has 0 radical (unpaired) electrons. The third-order valence-electron chi connectivity index (χ3n) is 4.24. The average Bonchev–Trinajstić information content (AvgIpc) is 2.91. The molecule has 1 aliphatic rings. The molecule has 0 amide bonds. The zero-order valence-electron chi connectivity index (χ0n) is 13.0. The third-order valence-corrected chi connectivity index (χ3v) is 5.53. The molecule has 0 bridgehead atoms. The first-order chi connectivity index (χ1) is 9.81. The summed E-state index contributed by atoms with van der Waals surface area (Å²) in [6, 6.07) is 3.49. The molecule has 2 N–H and O–H groups in total. The number of sulfonamides is 1. The molecule has 120 valence electrons. The van der Waals surface area contributed by atoms with E-state index in [1.807, 2.05) is 6.92 Å². The average molecular weight is 316 g/mol. The first-order valence-corrected chi connectivity index (χ1v) is 8.66. The Kier molecular flexibility index (Phi) is 4.77. The molecule has 0 aliphatic heterocycles. The maximum Gasteiger partial charge on any atom is 0.273 e. The summed E-state index contributed by atoms with van der Waals surface area (Å²) in [5, 5.41) is 3.35. The molecule has 1 fully saturated rings. The van der Waals surface area contributed by atoms with Crippen molar-refractivity contribution in [1.29, 1.82) is 0 Å². The fourth-order valence-corrected chi connectivity index (χ4v) is 3.30. The molecule has 1 heterocycles. The van der Waals surface area contributed by atoms with Crippen molar-refractivity contribution in [3.8, 4) is 0 Å². The molecule has 0 spiro atoms. The van der Waals surface area contributed by atoms with E-state index in [0.717, 1.165) is 13.0 Å². The molecule has 0 aromatic carbocycles. The molecule has 1 aromatic heterocycles. The minimum absolute atomic E-state index is 0.0538. The highest BCUT2D eigenvalue weighted by molar-refractivity contribution is 7.89. The Morgan fingerprint density at radius 3 is 2.71 bits per heavy atom. The summed E-state index contributed by atoms with van der Waals surface area (Å²) in [5.74, 6) is 0.611. The number of hydrogen-bond acceptors (Lipinski definition) is 5. The molecule has 1 saturated carbocycles. The highest BCUT2D eigenvalue weighted by Crippen LogP contribution is 2.42. The van der Waals surface area contributed by atoms with E-state index in [1.54, 1.807) is 6.07 Å². The minimum atomic E-state index is -3.51. The minimum Gasteiger partial charge on any atom is -0.447 e. The highest BCUT2D eigenvalue weighted by atomic mass is 32.2. The second-order valence-electron chi connectivity index (χ2n) is 5.86. The molecule has 1 aliphatic carbocycles. The van der Waals surface area contributed by atoms with Crippen LogP contribution in [0.25, 0.3) is 0 Å². The largest absolute Gasteiger partial charge is 0.447 e. The fourth-order valence-electron chi connectivity index (χ4n) is 2.64.